The molecule has 0 amide bonds. The molecule has 1 atom stereocenters. The van der Waals surface area contributed by atoms with Crippen LogP contribution in [0.3, 0.4) is 0 Å². The summed E-state index contributed by atoms with van der Waals surface area (Å²) in [4.78, 5) is 0. The van der Waals surface area contributed by atoms with Crippen LogP contribution in [0, 0.1) is 5.82 Å². The Morgan fingerprint density at radius 1 is 1.20 bits per heavy atom. The average molecular weight is 475 g/mol. The minimum Gasteiger partial charge on any atom is -0.489 e. The SMILES string of the molecule is O=S(=O)(NC(O)c1cc(C2CC2)c(COc2ccc(Cl)c(Cl)c2)cc1F)N1CCC1. The zero-order chi connectivity index (χ0) is 21.5. The number of hydrogen-bond donors (Lipinski definition) is 2. The Labute approximate surface area is 184 Å². The highest BCUT2D eigenvalue weighted by Crippen LogP contribution is 2.43. The summed E-state index contributed by atoms with van der Waals surface area (Å²) in [6, 6.07) is 7.70. The molecule has 0 spiro atoms. The Morgan fingerprint density at radius 3 is 2.53 bits per heavy atom. The van der Waals surface area contributed by atoms with Crippen LogP contribution < -0.4 is 9.46 Å². The predicted molar refractivity (Wildman–Crippen MR) is 112 cm³/mol. The summed E-state index contributed by atoms with van der Waals surface area (Å²) >= 11 is 11.9. The van der Waals surface area contributed by atoms with E-state index < -0.39 is 22.3 Å². The van der Waals surface area contributed by atoms with Crippen molar-refractivity contribution in [1.82, 2.24) is 9.03 Å². The first-order valence-electron chi connectivity index (χ1n) is 9.60. The fourth-order valence-electron chi connectivity index (χ4n) is 3.29. The van der Waals surface area contributed by atoms with Crippen molar-refractivity contribution in [2.75, 3.05) is 13.1 Å². The van der Waals surface area contributed by atoms with Gasteiger partial charge in [-0.25, -0.2) is 4.39 Å². The maximum absolute atomic E-state index is 14.8. The van der Waals surface area contributed by atoms with E-state index in [-0.39, 0.29) is 18.1 Å². The maximum atomic E-state index is 14.8. The second-order valence-corrected chi connectivity index (χ2v) is 10.0. The summed E-state index contributed by atoms with van der Waals surface area (Å²) in [5.74, 6) is 0.0277. The number of rotatable bonds is 8. The van der Waals surface area contributed by atoms with Gasteiger partial charge in [0.25, 0.3) is 10.2 Å². The number of aliphatic hydroxyl groups excluding tert-OH is 1. The van der Waals surface area contributed by atoms with Crippen LogP contribution in [0.4, 0.5) is 4.39 Å². The van der Waals surface area contributed by atoms with Gasteiger partial charge in [0.05, 0.1) is 10.0 Å². The van der Waals surface area contributed by atoms with E-state index >= 15 is 0 Å². The molecule has 6 nitrogen and oxygen atoms in total. The standard InChI is InChI=1S/C20H21Cl2FN2O4S/c21-17-5-4-14(9-18(17)22)29-11-13-8-19(23)16(10-15(13)12-2-3-12)20(26)24-30(27,28)25-6-1-7-25/h4-5,8-10,12,20,24,26H,1-3,6-7,11H2. The molecule has 0 radical (unpaired) electrons. The molecule has 2 N–H and O–H groups in total. The van der Waals surface area contributed by atoms with Crippen molar-refractivity contribution in [3.8, 4) is 5.75 Å². The molecule has 1 aliphatic heterocycles. The lowest BCUT2D eigenvalue weighted by Crippen LogP contribution is -2.49. The first-order chi connectivity index (χ1) is 14.2. The fraction of sp³-hybridized carbons (Fsp3) is 0.400. The van der Waals surface area contributed by atoms with Gasteiger partial charge in [-0.3, -0.25) is 0 Å². The van der Waals surface area contributed by atoms with E-state index in [9.17, 15) is 17.9 Å². The zero-order valence-electron chi connectivity index (χ0n) is 15.9. The number of nitrogens with zero attached hydrogens (tertiary/aromatic N) is 1. The summed E-state index contributed by atoms with van der Waals surface area (Å²) in [5.41, 5.74) is 1.38. The minimum atomic E-state index is -3.85. The Balaban J connectivity index is 1.54. The lowest BCUT2D eigenvalue weighted by molar-refractivity contribution is 0.156. The van der Waals surface area contributed by atoms with Crippen molar-refractivity contribution >= 4 is 33.4 Å². The molecule has 0 aromatic heterocycles. The molecule has 1 heterocycles. The van der Waals surface area contributed by atoms with Crippen molar-refractivity contribution in [3.05, 3.63) is 62.9 Å². The average Bonchev–Trinajstić information content (AvgIpc) is 3.45. The lowest BCUT2D eigenvalue weighted by atomic mass is 9.99. The van der Waals surface area contributed by atoms with Gasteiger partial charge in [0.15, 0.2) is 0 Å². The van der Waals surface area contributed by atoms with E-state index in [1.165, 1.54) is 16.4 Å². The van der Waals surface area contributed by atoms with Gasteiger partial charge in [-0.05, 0) is 60.6 Å². The number of hydrogen-bond acceptors (Lipinski definition) is 4. The third-order valence-corrected chi connectivity index (χ3v) is 7.58. The summed E-state index contributed by atoms with van der Waals surface area (Å²) < 4.78 is 48.3. The molecule has 1 aliphatic carbocycles. The second kappa shape index (κ2) is 8.61. The number of nitrogens with one attached hydrogen (secondary N) is 1. The molecule has 162 valence electrons. The summed E-state index contributed by atoms with van der Waals surface area (Å²) in [6.07, 6.45) is 0.990. The van der Waals surface area contributed by atoms with Crippen LogP contribution in [0.1, 0.15) is 48.1 Å². The van der Waals surface area contributed by atoms with Crippen LogP contribution in [-0.4, -0.2) is 30.9 Å². The molecular weight excluding hydrogens is 454 g/mol. The molecular formula is C20H21Cl2FN2O4S. The first kappa shape index (κ1) is 21.8. The van der Waals surface area contributed by atoms with Gasteiger partial charge < -0.3 is 9.84 Å². The van der Waals surface area contributed by atoms with Gasteiger partial charge in [-0.1, -0.05) is 23.2 Å². The number of aliphatic hydroxyl groups is 1. The van der Waals surface area contributed by atoms with Crippen LogP contribution in [0.2, 0.25) is 10.0 Å². The third-order valence-electron chi connectivity index (χ3n) is 5.27. The molecule has 1 saturated heterocycles. The number of benzene rings is 2. The second-order valence-electron chi connectivity index (χ2n) is 7.49. The van der Waals surface area contributed by atoms with E-state index in [0.29, 0.717) is 34.4 Å². The fourth-order valence-corrected chi connectivity index (χ4v) is 4.88. The highest BCUT2D eigenvalue weighted by Gasteiger charge is 2.32. The Bertz CT molecular complexity index is 1060. The van der Waals surface area contributed by atoms with Crippen molar-refractivity contribution in [2.24, 2.45) is 0 Å². The van der Waals surface area contributed by atoms with Gasteiger partial charge >= 0.3 is 0 Å². The van der Waals surface area contributed by atoms with Crippen molar-refractivity contribution in [3.63, 3.8) is 0 Å². The predicted octanol–water partition coefficient (Wildman–Crippen LogP) is 4.12. The van der Waals surface area contributed by atoms with Crippen molar-refractivity contribution < 1.29 is 22.7 Å². The van der Waals surface area contributed by atoms with E-state index in [2.05, 4.69) is 4.72 Å². The van der Waals surface area contributed by atoms with E-state index in [4.69, 9.17) is 27.9 Å². The van der Waals surface area contributed by atoms with E-state index in [0.717, 1.165) is 24.8 Å². The molecule has 2 fully saturated rings. The van der Waals surface area contributed by atoms with Gasteiger partial charge in [-0.2, -0.15) is 17.4 Å². The Kier molecular flexibility index (Phi) is 6.25. The molecule has 2 aromatic rings. The molecule has 4 rings (SSSR count). The van der Waals surface area contributed by atoms with Crippen molar-refractivity contribution in [2.45, 2.75) is 38.0 Å². The maximum Gasteiger partial charge on any atom is 0.281 e. The molecule has 1 saturated carbocycles. The molecule has 0 bridgehead atoms. The quantitative estimate of drug-likeness (QED) is 0.564. The zero-order valence-corrected chi connectivity index (χ0v) is 18.3. The molecule has 2 aliphatic rings. The van der Waals surface area contributed by atoms with Gasteiger partial charge in [-0.15, -0.1) is 0 Å². The summed E-state index contributed by atoms with van der Waals surface area (Å²) in [5, 5.41) is 11.1. The van der Waals surface area contributed by atoms with E-state index in [1.807, 2.05) is 0 Å². The largest absolute Gasteiger partial charge is 0.489 e. The topological polar surface area (TPSA) is 78.9 Å². The molecule has 1 unspecified atom stereocenters. The number of halogens is 3. The van der Waals surface area contributed by atoms with Crippen molar-refractivity contribution in [1.29, 1.82) is 0 Å². The lowest BCUT2D eigenvalue weighted by Gasteiger charge is -2.30. The minimum absolute atomic E-state index is 0.0979. The normalized spacial score (nSPS) is 18.1. The van der Waals surface area contributed by atoms with Crippen LogP contribution in [-0.2, 0) is 16.8 Å². The van der Waals surface area contributed by atoms with Crippen LogP contribution in [0.5, 0.6) is 5.75 Å². The third kappa shape index (κ3) is 4.74. The highest BCUT2D eigenvalue weighted by molar-refractivity contribution is 7.87. The highest BCUT2D eigenvalue weighted by atomic mass is 35.5. The first-order valence-corrected chi connectivity index (χ1v) is 11.8. The molecule has 30 heavy (non-hydrogen) atoms. The molecule has 2 aromatic carbocycles. The Hall–Kier alpha value is -1.42. The number of ether oxygens (including phenoxy) is 1. The van der Waals surface area contributed by atoms with Crippen LogP contribution in [0.25, 0.3) is 0 Å². The van der Waals surface area contributed by atoms with Crippen LogP contribution >= 0.6 is 23.2 Å². The monoisotopic (exact) mass is 474 g/mol. The summed E-state index contributed by atoms with van der Waals surface area (Å²) in [7, 11) is -3.85. The van der Waals surface area contributed by atoms with Crippen LogP contribution in [0.15, 0.2) is 30.3 Å². The van der Waals surface area contributed by atoms with Gasteiger partial charge in [0.2, 0.25) is 0 Å². The smallest absolute Gasteiger partial charge is 0.281 e. The summed E-state index contributed by atoms with van der Waals surface area (Å²) in [6.45, 7) is 0.891. The van der Waals surface area contributed by atoms with Gasteiger partial charge in [0.1, 0.15) is 24.4 Å². The van der Waals surface area contributed by atoms with Gasteiger partial charge in [0, 0.05) is 24.7 Å². The van der Waals surface area contributed by atoms with E-state index in [1.54, 1.807) is 18.2 Å². The molecule has 10 heteroatoms. The Morgan fingerprint density at radius 2 is 1.93 bits per heavy atom.